The molecule has 0 aliphatic carbocycles. The van der Waals surface area contributed by atoms with E-state index in [9.17, 15) is 9.00 Å². The van der Waals surface area contributed by atoms with Crippen LogP contribution in [0.4, 0.5) is 10.6 Å². The van der Waals surface area contributed by atoms with Gasteiger partial charge in [0.2, 0.25) is 11.0 Å². The van der Waals surface area contributed by atoms with E-state index in [1.54, 1.807) is 6.07 Å². The van der Waals surface area contributed by atoms with Crippen LogP contribution in [0.5, 0.6) is 5.88 Å². The smallest absolute Gasteiger partial charge is 0.391 e. The maximum Gasteiger partial charge on any atom is 0.413 e. The van der Waals surface area contributed by atoms with Crippen LogP contribution in [-0.4, -0.2) is 44.6 Å². The van der Waals surface area contributed by atoms with Gasteiger partial charge in [0, 0.05) is 37.0 Å². The molecule has 118 valence electrons. The van der Waals surface area contributed by atoms with Crippen LogP contribution < -0.4 is 15.4 Å². The van der Waals surface area contributed by atoms with Crippen LogP contribution in [0, 0.1) is 0 Å². The Hall–Kier alpha value is -2.29. The van der Waals surface area contributed by atoms with Crippen molar-refractivity contribution in [1.82, 2.24) is 20.3 Å². The first-order chi connectivity index (χ1) is 10.4. The SMILES string of the molecule is CNC(=O)Oc1cc2cnc(S(C)=O)nc2c(NC(C)C)n1. The van der Waals surface area contributed by atoms with Gasteiger partial charge in [-0.2, -0.15) is 4.98 Å². The van der Waals surface area contributed by atoms with Crippen LogP contribution in [0.25, 0.3) is 10.9 Å². The molecule has 2 N–H and O–H groups in total. The molecule has 8 nitrogen and oxygen atoms in total. The zero-order valence-electron chi connectivity index (χ0n) is 12.7. The molecule has 2 aromatic heterocycles. The standard InChI is InChI=1S/C13H17N5O3S/c1-7(2)16-11-10-8(6-15-12(18-10)22(4)20)5-9(17-11)21-13(19)14-3/h5-7H,1-4H3,(H,14,19)(H,16,17). The van der Waals surface area contributed by atoms with Crippen molar-refractivity contribution in [3.8, 4) is 5.88 Å². The third-order valence-corrected chi connectivity index (χ3v) is 3.32. The van der Waals surface area contributed by atoms with Gasteiger partial charge in [0.15, 0.2) is 5.82 Å². The molecular weight excluding hydrogens is 306 g/mol. The lowest BCUT2D eigenvalue weighted by molar-refractivity contribution is 0.201. The van der Waals surface area contributed by atoms with Crippen molar-refractivity contribution in [3.05, 3.63) is 12.3 Å². The van der Waals surface area contributed by atoms with Crippen LogP contribution in [-0.2, 0) is 10.8 Å². The highest BCUT2D eigenvalue weighted by Gasteiger charge is 2.14. The summed E-state index contributed by atoms with van der Waals surface area (Å²) in [5.74, 6) is 0.574. The average Bonchev–Trinajstić information content (AvgIpc) is 2.46. The van der Waals surface area contributed by atoms with Gasteiger partial charge in [-0.25, -0.2) is 14.8 Å². The largest absolute Gasteiger partial charge is 0.413 e. The molecule has 0 spiro atoms. The highest BCUT2D eigenvalue weighted by atomic mass is 32.2. The predicted molar refractivity (Wildman–Crippen MR) is 83.5 cm³/mol. The van der Waals surface area contributed by atoms with E-state index >= 15 is 0 Å². The number of nitrogens with zero attached hydrogens (tertiary/aromatic N) is 3. The van der Waals surface area contributed by atoms with Crippen LogP contribution in [0.2, 0.25) is 0 Å². The Morgan fingerprint density at radius 2 is 2.09 bits per heavy atom. The highest BCUT2D eigenvalue weighted by molar-refractivity contribution is 7.84. The Labute approximate surface area is 130 Å². The predicted octanol–water partition coefficient (Wildman–Crippen LogP) is 1.30. The number of fused-ring (bicyclic) bond motifs is 1. The second kappa shape index (κ2) is 6.65. The Kier molecular flexibility index (Phi) is 4.86. The topological polar surface area (TPSA) is 106 Å². The van der Waals surface area contributed by atoms with Gasteiger partial charge in [-0.1, -0.05) is 0 Å². The zero-order chi connectivity index (χ0) is 16.3. The van der Waals surface area contributed by atoms with E-state index in [4.69, 9.17) is 4.74 Å². The van der Waals surface area contributed by atoms with Crippen LogP contribution in [0.15, 0.2) is 17.4 Å². The van der Waals surface area contributed by atoms with Gasteiger partial charge >= 0.3 is 6.09 Å². The van der Waals surface area contributed by atoms with Gasteiger partial charge in [0.1, 0.15) is 5.52 Å². The van der Waals surface area contributed by atoms with E-state index in [0.717, 1.165) is 0 Å². The monoisotopic (exact) mass is 323 g/mol. The number of amides is 1. The third-order valence-electron chi connectivity index (χ3n) is 2.60. The van der Waals surface area contributed by atoms with Gasteiger partial charge in [0.25, 0.3) is 0 Å². The average molecular weight is 323 g/mol. The summed E-state index contributed by atoms with van der Waals surface area (Å²) in [5, 5.41) is 6.34. The number of anilines is 1. The number of rotatable bonds is 4. The lowest BCUT2D eigenvalue weighted by atomic mass is 10.2. The van der Waals surface area contributed by atoms with Crippen LogP contribution in [0.3, 0.4) is 0 Å². The van der Waals surface area contributed by atoms with Crippen molar-refractivity contribution < 1.29 is 13.7 Å². The van der Waals surface area contributed by atoms with E-state index in [0.29, 0.717) is 16.7 Å². The zero-order valence-corrected chi connectivity index (χ0v) is 13.5. The normalized spacial score (nSPS) is 12.2. The number of nitrogens with one attached hydrogen (secondary N) is 2. The summed E-state index contributed by atoms with van der Waals surface area (Å²) >= 11 is 0. The Balaban J connectivity index is 2.57. The molecule has 22 heavy (non-hydrogen) atoms. The molecule has 0 aliphatic heterocycles. The van der Waals surface area contributed by atoms with Crippen LogP contribution in [0.1, 0.15) is 13.8 Å². The van der Waals surface area contributed by atoms with Gasteiger partial charge in [-0.15, -0.1) is 0 Å². The van der Waals surface area contributed by atoms with Crippen molar-refractivity contribution in [3.63, 3.8) is 0 Å². The number of ether oxygens (including phenoxy) is 1. The lowest BCUT2D eigenvalue weighted by Gasteiger charge is -2.13. The lowest BCUT2D eigenvalue weighted by Crippen LogP contribution is -2.23. The maximum atomic E-state index is 11.5. The van der Waals surface area contributed by atoms with Crippen molar-refractivity contribution >= 4 is 33.6 Å². The van der Waals surface area contributed by atoms with E-state index in [1.807, 2.05) is 13.8 Å². The minimum Gasteiger partial charge on any atom is -0.391 e. The van der Waals surface area contributed by atoms with Crippen molar-refractivity contribution in [1.29, 1.82) is 0 Å². The molecule has 0 aromatic carbocycles. The first-order valence-corrected chi connectivity index (χ1v) is 8.14. The molecule has 2 heterocycles. The Morgan fingerprint density at radius 1 is 1.36 bits per heavy atom. The summed E-state index contributed by atoms with van der Waals surface area (Å²) < 4.78 is 16.6. The number of aromatic nitrogens is 3. The number of carbonyl (C=O) groups is 1. The molecule has 2 aromatic rings. The molecule has 0 saturated carbocycles. The molecule has 0 saturated heterocycles. The molecule has 1 unspecified atom stereocenters. The minimum absolute atomic E-state index is 0.0940. The summed E-state index contributed by atoms with van der Waals surface area (Å²) in [4.78, 5) is 23.9. The summed E-state index contributed by atoms with van der Waals surface area (Å²) in [6.07, 6.45) is 2.42. The molecule has 1 amide bonds. The van der Waals surface area contributed by atoms with E-state index < -0.39 is 16.9 Å². The number of pyridine rings is 1. The van der Waals surface area contributed by atoms with Gasteiger partial charge in [0.05, 0.1) is 10.8 Å². The first-order valence-electron chi connectivity index (χ1n) is 6.58. The fourth-order valence-corrected chi connectivity index (χ4v) is 2.13. The quantitative estimate of drug-likeness (QED) is 0.817. The maximum absolute atomic E-state index is 11.5. The van der Waals surface area contributed by atoms with Gasteiger partial charge in [-0.3, -0.25) is 4.21 Å². The highest BCUT2D eigenvalue weighted by Crippen LogP contribution is 2.25. The summed E-state index contributed by atoms with van der Waals surface area (Å²) in [7, 11) is 0.166. The molecule has 2 rings (SSSR count). The second-order valence-corrected chi connectivity index (χ2v) is 6.07. The Morgan fingerprint density at radius 3 is 2.68 bits per heavy atom. The van der Waals surface area contributed by atoms with E-state index in [-0.39, 0.29) is 17.1 Å². The second-order valence-electron chi connectivity index (χ2n) is 4.79. The number of carbonyl (C=O) groups excluding carboxylic acids is 1. The van der Waals surface area contributed by atoms with E-state index in [1.165, 1.54) is 19.5 Å². The molecular formula is C13H17N5O3S. The van der Waals surface area contributed by atoms with E-state index in [2.05, 4.69) is 25.6 Å². The van der Waals surface area contributed by atoms with Crippen molar-refractivity contribution in [2.45, 2.75) is 25.0 Å². The molecule has 0 aliphatic rings. The minimum atomic E-state index is -1.29. The summed E-state index contributed by atoms with van der Waals surface area (Å²) in [5.41, 5.74) is 0.526. The molecule has 0 radical (unpaired) electrons. The molecule has 0 fully saturated rings. The fourth-order valence-electron chi connectivity index (χ4n) is 1.71. The number of hydrogen-bond donors (Lipinski definition) is 2. The Bertz CT molecular complexity index is 735. The van der Waals surface area contributed by atoms with Gasteiger partial charge in [-0.05, 0) is 13.8 Å². The van der Waals surface area contributed by atoms with Crippen molar-refractivity contribution in [2.24, 2.45) is 0 Å². The van der Waals surface area contributed by atoms with Crippen molar-refractivity contribution in [2.75, 3.05) is 18.6 Å². The first kappa shape index (κ1) is 16.1. The van der Waals surface area contributed by atoms with Crippen LogP contribution >= 0.6 is 0 Å². The fraction of sp³-hybridized carbons (Fsp3) is 0.385. The molecule has 0 bridgehead atoms. The van der Waals surface area contributed by atoms with Gasteiger partial charge < -0.3 is 15.4 Å². The summed E-state index contributed by atoms with van der Waals surface area (Å²) in [6, 6.07) is 1.65. The molecule has 9 heteroatoms. The molecule has 1 atom stereocenters. The number of hydrogen-bond acceptors (Lipinski definition) is 7. The third kappa shape index (κ3) is 3.67. The summed E-state index contributed by atoms with van der Waals surface area (Å²) in [6.45, 7) is 3.89.